The Morgan fingerprint density at radius 3 is 2.73 bits per heavy atom. The summed E-state index contributed by atoms with van der Waals surface area (Å²) in [5, 5.41) is 3.10. The molecule has 0 saturated heterocycles. The van der Waals surface area contributed by atoms with Gasteiger partial charge >= 0.3 is 0 Å². The lowest BCUT2D eigenvalue weighted by molar-refractivity contribution is -0.117. The van der Waals surface area contributed by atoms with Crippen molar-refractivity contribution in [3.05, 3.63) is 29.3 Å². The Morgan fingerprint density at radius 1 is 1.36 bits per heavy atom. The number of amides is 1. The lowest BCUT2D eigenvalue weighted by atomic mass is 10.1. The van der Waals surface area contributed by atoms with Crippen LogP contribution in [0.1, 0.15) is 38.3 Å². The quantitative estimate of drug-likeness (QED) is 0.699. The van der Waals surface area contributed by atoms with E-state index in [0.29, 0.717) is 12.6 Å². The number of nitrogens with one attached hydrogen (secondary N) is 1. The van der Waals surface area contributed by atoms with Crippen molar-refractivity contribution in [2.75, 3.05) is 30.4 Å². The summed E-state index contributed by atoms with van der Waals surface area (Å²) in [5.74, 6) is 2.38. The lowest BCUT2D eigenvalue weighted by Gasteiger charge is -2.24. The second-order valence-corrected chi connectivity index (χ2v) is 7.15. The van der Waals surface area contributed by atoms with Crippen LogP contribution in [0.2, 0.25) is 0 Å². The van der Waals surface area contributed by atoms with Gasteiger partial charge in [0.15, 0.2) is 0 Å². The third-order valence-electron chi connectivity index (χ3n) is 4.03. The Hall–Kier alpha value is -1.00. The third kappa shape index (κ3) is 6.01. The van der Waals surface area contributed by atoms with Crippen molar-refractivity contribution in [2.45, 2.75) is 46.6 Å². The maximum Gasteiger partial charge on any atom is 0.238 e. The number of aryl methyl sites for hydroxylation is 2. The van der Waals surface area contributed by atoms with Crippen LogP contribution in [-0.2, 0) is 11.2 Å². The number of likely N-dealkylation sites (N-methyl/N-ethyl adjacent to an activating group) is 1. The van der Waals surface area contributed by atoms with Crippen LogP contribution in [-0.4, -0.2) is 41.9 Å². The van der Waals surface area contributed by atoms with Gasteiger partial charge in [-0.3, -0.25) is 9.69 Å². The van der Waals surface area contributed by atoms with E-state index in [1.165, 1.54) is 5.56 Å². The molecule has 1 unspecified atom stereocenters. The van der Waals surface area contributed by atoms with Gasteiger partial charge in [0.25, 0.3) is 0 Å². The summed E-state index contributed by atoms with van der Waals surface area (Å²) in [5.41, 5.74) is 3.31. The molecule has 1 rings (SSSR count). The predicted octanol–water partition coefficient (Wildman–Crippen LogP) is 3.96. The highest BCUT2D eigenvalue weighted by molar-refractivity contribution is 7.99. The molecule has 124 valence electrons. The van der Waals surface area contributed by atoms with Crippen LogP contribution in [0.15, 0.2) is 18.2 Å². The van der Waals surface area contributed by atoms with E-state index in [1.54, 1.807) is 0 Å². The van der Waals surface area contributed by atoms with Crippen molar-refractivity contribution < 1.29 is 4.79 Å². The van der Waals surface area contributed by atoms with Gasteiger partial charge in [0.05, 0.1) is 6.54 Å². The fourth-order valence-corrected chi connectivity index (χ4v) is 3.18. The topological polar surface area (TPSA) is 32.3 Å². The average Bonchev–Trinajstić information content (AvgIpc) is 2.49. The summed E-state index contributed by atoms with van der Waals surface area (Å²) in [6.45, 7) is 8.97. The van der Waals surface area contributed by atoms with Crippen molar-refractivity contribution in [3.8, 4) is 0 Å². The largest absolute Gasteiger partial charge is 0.324 e. The minimum absolute atomic E-state index is 0.0708. The van der Waals surface area contributed by atoms with Crippen LogP contribution >= 0.6 is 11.8 Å². The number of hydrogen-bond acceptors (Lipinski definition) is 3. The van der Waals surface area contributed by atoms with Crippen LogP contribution in [0.25, 0.3) is 0 Å². The summed E-state index contributed by atoms with van der Waals surface area (Å²) in [6.07, 6.45) is 2.05. The Kier molecular flexibility index (Phi) is 8.57. The molecule has 0 aliphatic carbocycles. The fourth-order valence-electron chi connectivity index (χ4n) is 2.38. The molecule has 1 aromatic rings. The monoisotopic (exact) mass is 322 g/mol. The third-order valence-corrected chi connectivity index (χ3v) is 4.97. The zero-order chi connectivity index (χ0) is 16.5. The Labute approximate surface area is 139 Å². The molecule has 0 aliphatic rings. The zero-order valence-corrected chi connectivity index (χ0v) is 15.4. The van der Waals surface area contributed by atoms with Gasteiger partial charge in [-0.1, -0.05) is 32.0 Å². The first-order chi connectivity index (χ1) is 10.5. The molecule has 0 bridgehead atoms. The summed E-state index contributed by atoms with van der Waals surface area (Å²) >= 11 is 1.96. The van der Waals surface area contributed by atoms with Crippen molar-refractivity contribution in [3.63, 3.8) is 0 Å². The van der Waals surface area contributed by atoms with E-state index in [1.807, 2.05) is 37.9 Å². The number of carbonyl (C=O) groups is 1. The van der Waals surface area contributed by atoms with E-state index < -0.39 is 0 Å². The molecule has 0 aliphatic heterocycles. The van der Waals surface area contributed by atoms with E-state index in [4.69, 9.17) is 0 Å². The standard InChI is InChI=1S/C18H30N2OS/c1-6-16-10-8-9-14(3)18(16)19-17(21)13-20(5)15(4)11-12-22-7-2/h8-10,15H,6-7,11-13H2,1-5H3,(H,19,21). The highest BCUT2D eigenvalue weighted by atomic mass is 32.2. The number of rotatable bonds is 9. The second kappa shape index (κ2) is 9.90. The van der Waals surface area contributed by atoms with Crippen molar-refractivity contribution in [1.29, 1.82) is 0 Å². The Bertz CT molecular complexity index is 476. The van der Waals surface area contributed by atoms with E-state index in [0.717, 1.165) is 35.6 Å². The maximum atomic E-state index is 12.3. The average molecular weight is 323 g/mol. The van der Waals surface area contributed by atoms with Crippen molar-refractivity contribution in [2.24, 2.45) is 0 Å². The minimum atomic E-state index is 0.0708. The maximum absolute atomic E-state index is 12.3. The number of carbonyl (C=O) groups excluding carboxylic acids is 1. The molecular formula is C18H30N2OS. The molecule has 1 atom stereocenters. The number of thioether (sulfide) groups is 1. The molecule has 0 radical (unpaired) electrons. The van der Waals surface area contributed by atoms with Gasteiger partial charge in [-0.2, -0.15) is 11.8 Å². The van der Waals surface area contributed by atoms with Gasteiger partial charge in [0.2, 0.25) is 5.91 Å². The van der Waals surface area contributed by atoms with E-state index in [2.05, 4.69) is 37.1 Å². The van der Waals surface area contributed by atoms with Crippen molar-refractivity contribution in [1.82, 2.24) is 4.90 Å². The molecule has 0 aromatic heterocycles. The molecule has 1 N–H and O–H groups in total. The van der Waals surface area contributed by atoms with Crippen molar-refractivity contribution >= 4 is 23.4 Å². The van der Waals surface area contributed by atoms with E-state index >= 15 is 0 Å². The summed E-state index contributed by atoms with van der Waals surface area (Å²) < 4.78 is 0. The van der Waals surface area contributed by atoms with Crippen LogP contribution in [0.4, 0.5) is 5.69 Å². The Morgan fingerprint density at radius 2 is 2.09 bits per heavy atom. The molecule has 0 spiro atoms. The van der Waals surface area contributed by atoms with Crippen LogP contribution in [0, 0.1) is 6.92 Å². The van der Waals surface area contributed by atoms with Gasteiger partial charge in [-0.15, -0.1) is 0 Å². The van der Waals surface area contributed by atoms with Gasteiger partial charge in [-0.05, 0) is 56.4 Å². The van der Waals surface area contributed by atoms with E-state index in [-0.39, 0.29) is 5.91 Å². The van der Waals surface area contributed by atoms with Gasteiger partial charge in [-0.25, -0.2) is 0 Å². The highest BCUT2D eigenvalue weighted by Crippen LogP contribution is 2.21. The zero-order valence-electron chi connectivity index (χ0n) is 14.6. The number of nitrogens with zero attached hydrogens (tertiary/aromatic N) is 1. The molecule has 0 fully saturated rings. The first-order valence-corrected chi connectivity index (χ1v) is 9.31. The minimum Gasteiger partial charge on any atom is -0.324 e. The van der Waals surface area contributed by atoms with Gasteiger partial charge in [0.1, 0.15) is 0 Å². The number of benzene rings is 1. The smallest absolute Gasteiger partial charge is 0.238 e. The molecule has 3 nitrogen and oxygen atoms in total. The normalized spacial score (nSPS) is 12.5. The molecule has 1 aromatic carbocycles. The molecular weight excluding hydrogens is 292 g/mol. The summed E-state index contributed by atoms with van der Waals surface area (Å²) in [6, 6.07) is 6.59. The first kappa shape index (κ1) is 19.0. The van der Waals surface area contributed by atoms with Gasteiger partial charge < -0.3 is 5.32 Å². The fraction of sp³-hybridized carbons (Fsp3) is 0.611. The molecule has 4 heteroatoms. The number of anilines is 1. The predicted molar refractivity (Wildman–Crippen MR) is 98.9 cm³/mol. The first-order valence-electron chi connectivity index (χ1n) is 8.15. The molecule has 0 heterocycles. The van der Waals surface area contributed by atoms with E-state index in [9.17, 15) is 4.79 Å². The second-order valence-electron chi connectivity index (χ2n) is 5.76. The molecule has 1 amide bonds. The number of para-hydroxylation sites is 1. The Balaban J connectivity index is 2.56. The lowest BCUT2D eigenvalue weighted by Crippen LogP contribution is -2.37. The van der Waals surface area contributed by atoms with Crippen LogP contribution in [0.5, 0.6) is 0 Å². The SMILES string of the molecule is CCSCCC(C)N(C)CC(=O)Nc1c(C)cccc1CC. The van der Waals surface area contributed by atoms with Crippen LogP contribution in [0.3, 0.4) is 0 Å². The highest BCUT2D eigenvalue weighted by Gasteiger charge is 2.14. The summed E-state index contributed by atoms with van der Waals surface area (Å²) in [4.78, 5) is 14.5. The number of hydrogen-bond donors (Lipinski definition) is 1. The summed E-state index contributed by atoms with van der Waals surface area (Å²) in [7, 11) is 2.03. The van der Waals surface area contributed by atoms with Gasteiger partial charge in [0, 0.05) is 11.7 Å². The van der Waals surface area contributed by atoms with Crippen LogP contribution < -0.4 is 5.32 Å². The molecule has 22 heavy (non-hydrogen) atoms. The molecule has 0 saturated carbocycles.